The Bertz CT molecular complexity index is 788. The van der Waals surface area contributed by atoms with E-state index >= 15 is 0 Å². The van der Waals surface area contributed by atoms with Crippen LogP contribution in [0.5, 0.6) is 0 Å². The molecule has 2 aromatic rings. The van der Waals surface area contributed by atoms with Crippen LogP contribution < -0.4 is 5.32 Å². The zero-order valence-corrected chi connectivity index (χ0v) is 18.1. The van der Waals surface area contributed by atoms with Crippen LogP contribution in [0.15, 0.2) is 41.0 Å². The predicted molar refractivity (Wildman–Crippen MR) is 113 cm³/mol. The molecule has 0 fully saturated rings. The Balaban J connectivity index is 2.19. The Morgan fingerprint density at radius 2 is 1.76 bits per heavy atom. The number of nitrogens with zero attached hydrogens (tertiary/aromatic N) is 2. The van der Waals surface area contributed by atoms with Crippen molar-refractivity contribution >= 4 is 11.8 Å². The summed E-state index contributed by atoms with van der Waals surface area (Å²) in [6.07, 6.45) is 3.73. The van der Waals surface area contributed by atoms with E-state index in [2.05, 4.69) is 17.2 Å². The lowest BCUT2D eigenvalue weighted by atomic mass is 9.94. The van der Waals surface area contributed by atoms with Crippen molar-refractivity contribution in [2.75, 3.05) is 0 Å². The minimum atomic E-state index is -0.258. The molecule has 0 saturated heterocycles. The third-order valence-corrected chi connectivity index (χ3v) is 5.39. The maximum Gasteiger partial charge on any atom is 0.273 e. The fraction of sp³-hybridized carbons (Fsp3) is 0.522. The maximum absolute atomic E-state index is 13.4. The molecule has 0 aliphatic carbocycles. The Morgan fingerprint density at radius 1 is 1.07 bits per heavy atom. The van der Waals surface area contributed by atoms with Crippen LogP contribution in [0.25, 0.3) is 0 Å². The Morgan fingerprint density at radius 3 is 2.34 bits per heavy atom. The van der Waals surface area contributed by atoms with Crippen LogP contribution in [-0.2, 0) is 11.3 Å². The van der Waals surface area contributed by atoms with Gasteiger partial charge in [0.25, 0.3) is 5.91 Å². The number of nitrogens with one attached hydrogen (secondary N) is 1. The number of rotatable bonds is 10. The standard InChI is InChI=1S/C23H33N3O3/c1-6-16(4)24-22(27)20-15-29-21(25-20)14-26(17(5)7-2)23(28)19(8-3)18-12-10-9-11-13-18/h9-13,15-17,19H,6-8,14H2,1-5H3,(H,24,27). The molecule has 0 spiro atoms. The molecule has 0 aliphatic rings. The molecule has 0 saturated carbocycles. The van der Waals surface area contributed by atoms with E-state index in [4.69, 9.17) is 4.42 Å². The molecule has 2 amide bonds. The molecule has 1 aromatic carbocycles. The molecule has 6 heteroatoms. The summed E-state index contributed by atoms with van der Waals surface area (Å²) in [5.41, 5.74) is 1.25. The van der Waals surface area contributed by atoms with Gasteiger partial charge in [-0.2, -0.15) is 0 Å². The number of carbonyl (C=O) groups excluding carboxylic acids is 2. The second-order valence-corrected chi connectivity index (χ2v) is 7.50. The highest BCUT2D eigenvalue weighted by molar-refractivity contribution is 5.92. The van der Waals surface area contributed by atoms with Crippen LogP contribution in [0.4, 0.5) is 0 Å². The number of amides is 2. The Labute approximate surface area is 173 Å². The highest BCUT2D eigenvalue weighted by atomic mass is 16.3. The molecule has 6 nitrogen and oxygen atoms in total. The van der Waals surface area contributed by atoms with Crippen molar-refractivity contribution in [3.05, 3.63) is 53.7 Å². The van der Waals surface area contributed by atoms with Gasteiger partial charge in [0.15, 0.2) is 5.69 Å². The summed E-state index contributed by atoms with van der Waals surface area (Å²) < 4.78 is 5.53. The summed E-state index contributed by atoms with van der Waals surface area (Å²) in [6.45, 7) is 10.3. The van der Waals surface area contributed by atoms with Gasteiger partial charge in [-0.1, -0.05) is 51.1 Å². The van der Waals surface area contributed by atoms with Crippen molar-refractivity contribution in [1.29, 1.82) is 0 Å². The van der Waals surface area contributed by atoms with Crippen LogP contribution in [-0.4, -0.2) is 33.8 Å². The second kappa shape index (κ2) is 10.8. The van der Waals surface area contributed by atoms with Crippen LogP contribution >= 0.6 is 0 Å². The summed E-state index contributed by atoms with van der Waals surface area (Å²) in [7, 11) is 0. The molecule has 3 atom stereocenters. The normalized spacial score (nSPS) is 14.1. The third kappa shape index (κ3) is 5.92. The van der Waals surface area contributed by atoms with Crippen molar-refractivity contribution in [3.63, 3.8) is 0 Å². The maximum atomic E-state index is 13.4. The average Bonchev–Trinajstić information content (AvgIpc) is 3.21. The average molecular weight is 400 g/mol. The van der Waals surface area contributed by atoms with Crippen molar-refractivity contribution in [2.24, 2.45) is 0 Å². The van der Waals surface area contributed by atoms with Gasteiger partial charge in [0, 0.05) is 12.1 Å². The molecule has 0 bridgehead atoms. The van der Waals surface area contributed by atoms with E-state index in [0.29, 0.717) is 12.3 Å². The van der Waals surface area contributed by atoms with Gasteiger partial charge < -0.3 is 14.6 Å². The highest BCUT2D eigenvalue weighted by Crippen LogP contribution is 2.25. The van der Waals surface area contributed by atoms with Gasteiger partial charge in [-0.25, -0.2) is 4.98 Å². The number of hydrogen-bond donors (Lipinski definition) is 1. The second-order valence-electron chi connectivity index (χ2n) is 7.50. The number of aromatic nitrogens is 1. The molecule has 29 heavy (non-hydrogen) atoms. The predicted octanol–water partition coefficient (Wildman–Crippen LogP) is 4.52. The molecular weight excluding hydrogens is 366 g/mol. The van der Waals surface area contributed by atoms with E-state index < -0.39 is 0 Å². The summed E-state index contributed by atoms with van der Waals surface area (Å²) in [5.74, 6) is -0.0486. The van der Waals surface area contributed by atoms with E-state index in [9.17, 15) is 9.59 Å². The number of oxazole rings is 1. The van der Waals surface area contributed by atoms with Gasteiger partial charge >= 0.3 is 0 Å². The van der Waals surface area contributed by atoms with Gasteiger partial charge in [0.05, 0.1) is 12.5 Å². The lowest BCUT2D eigenvalue weighted by Gasteiger charge is -2.31. The van der Waals surface area contributed by atoms with Crippen LogP contribution in [0.1, 0.15) is 81.7 Å². The van der Waals surface area contributed by atoms with Gasteiger partial charge in [0.1, 0.15) is 6.26 Å². The number of carbonyl (C=O) groups is 2. The minimum absolute atomic E-state index is 0.0320. The Hall–Kier alpha value is -2.63. The van der Waals surface area contributed by atoms with Crippen molar-refractivity contribution in [3.8, 4) is 0 Å². The van der Waals surface area contributed by atoms with E-state index in [1.54, 1.807) is 0 Å². The fourth-order valence-corrected chi connectivity index (χ4v) is 3.14. The molecule has 1 aromatic heterocycles. The smallest absolute Gasteiger partial charge is 0.273 e. The molecule has 1 heterocycles. The molecule has 1 N–H and O–H groups in total. The quantitative estimate of drug-likeness (QED) is 0.637. The van der Waals surface area contributed by atoms with Gasteiger partial charge in [0.2, 0.25) is 11.8 Å². The molecular formula is C23H33N3O3. The van der Waals surface area contributed by atoms with Crippen LogP contribution in [0.3, 0.4) is 0 Å². The first-order chi connectivity index (χ1) is 13.9. The first-order valence-corrected chi connectivity index (χ1v) is 10.5. The molecule has 0 aliphatic heterocycles. The first kappa shape index (κ1) is 22.7. The summed E-state index contributed by atoms with van der Waals surface area (Å²) in [6, 6.07) is 9.93. The monoisotopic (exact) mass is 399 g/mol. The summed E-state index contributed by atoms with van der Waals surface area (Å²) in [5, 5.41) is 2.88. The SMILES string of the molecule is CCC(C)NC(=O)c1coc(CN(C(=O)C(CC)c2ccccc2)C(C)CC)n1. The van der Waals surface area contributed by atoms with Crippen molar-refractivity contribution < 1.29 is 14.0 Å². The van der Waals surface area contributed by atoms with Crippen LogP contribution in [0, 0.1) is 0 Å². The van der Waals surface area contributed by atoms with Gasteiger partial charge in [-0.3, -0.25) is 9.59 Å². The third-order valence-electron chi connectivity index (χ3n) is 5.39. The number of hydrogen-bond acceptors (Lipinski definition) is 4. The Kier molecular flexibility index (Phi) is 8.43. The van der Waals surface area contributed by atoms with Gasteiger partial charge in [-0.15, -0.1) is 0 Å². The van der Waals surface area contributed by atoms with Crippen molar-refractivity contribution in [2.45, 2.75) is 78.4 Å². The number of benzene rings is 1. The zero-order valence-electron chi connectivity index (χ0n) is 18.1. The lowest BCUT2D eigenvalue weighted by molar-refractivity contribution is -0.136. The van der Waals surface area contributed by atoms with Crippen molar-refractivity contribution in [1.82, 2.24) is 15.2 Å². The fourth-order valence-electron chi connectivity index (χ4n) is 3.14. The first-order valence-electron chi connectivity index (χ1n) is 10.5. The molecule has 0 radical (unpaired) electrons. The highest BCUT2D eigenvalue weighted by Gasteiger charge is 2.28. The molecule has 2 rings (SSSR count). The molecule has 3 unspecified atom stereocenters. The largest absolute Gasteiger partial charge is 0.446 e. The topological polar surface area (TPSA) is 75.4 Å². The summed E-state index contributed by atoms with van der Waals surface area (Å²) in [4.78, 5) is 31.8. The zero-order chi connectivity index (χ0) is 21.4. The van der Waals surface area contributed by atoms with E-state index in [-0.39, 0.29) is 42.1 Å². The molecule has 158 valence electrons. The van der Waals surface area contributed by atoms with E-state index in [0.717, 1.165) is 18.4 Å². The minimum Gasteiger partial charge on any atom is -0.446 e. The van der Waals surface area contributed by atoms with Crippen LogP contribution in [0.2, 0.25) is 0 Å². The lowest BCUT2D eigenvalue weighted by Crippen LogP contribution is -2.40. The van der Waals surface area contributed by atoms with E-state index in [1.165, 1.54) is 6.26 Å². The van der Waals surface area contributed by atoms with Gasteiger partial charge in [-0.05, 0) is 38.7 Å². The summed E-state index contributed by atoms with van der Waals surface area (Å²) >= 11 is 0. The van der Waals surface area contributed by atoms with E-state index in [1.807, 2.05) is 62.9 Å².